The fourth-order valence-corrected chi connectivity index (χ4v) is 1.81. The predicted molar refractivity (Wildman–Crippen MR) is 73.7 cm³/mol. The van der Waals surface area contributed by atoms with Crippen molar-refractivity contribution < 1.29 is 4.79 Å². The maximum absolute atomic E-state index is 12.1. The van der Waals surface area contributed by atoms with Crippen LogP contribution in [0.2, 0.25) is 0 Å². The molecule has 0 spiro atoms. The van der Waals surface area contributed by atoms with Crippen molar-refractivity contribution >= 4 is 5.91 Å². The van der Waals surface area contributed by atoms with Crippen molar-refractivity contribution in [1.82, 2.24) is 4.90 Å². The van der Waals surface area contributed by atoms with Gasteiger partial charge in [0.2, 0.25) is 5.91 Å². The van der Waals surface area contributed by atoms with E-state index in [2.05, 4.69) is 34.3 Å². The largest absolute Gasteiger partial charge is 0.334 e. The quantitative estimate of drug-likeness (QED) is 0.695. The Hall–Kier alpha value is -0.830. The third-order valence-electron chi connectivity index (χ3n) is 2.93. The fraction of sp³-hybridized carbons (Fsp3) is 0.786. The van der Waals surface area contributed by atoms with E-state index in [4.69, 9.17) is 5.73 Å². The van der Waals surface area contributed by atoms with Gasteiger partial charge < -0.3 is 10.6 Å². The molecule has 0 heterocycles. The molecule has 1 unspecified atom stereocenters. The van der Waals surface area contributed by atoms with Gasteiger partial charge in [-0.1, -0.05) is 13.0 Å². The highest BCUT2D eigenvalue weighted by Crippen LogP contribution is 2.17. The number of carbonyl (C=O) groups excluding carboxylic acids is 1. The average Bonchev–Trinajstić information content (AvgIpc) is 2.21. The molecule has 17 heavy (non-hydrogen) atoms. The number of nitrogens with two attached hydrogens (primary N) is 1. The third kappa shape index (κ3) is 6.47. The summed E-state index contributed by atoms with van der Waals surface area (Å²) in [5.74, 6) is 0.732. The van der Waals surface area contributed by atoms with Crippen LogP contribution in [0.15, 0.2) is 12.7 Å². The summed E-state index contributed by atoms with van der Waals surface area (Å²) in [6.07, 6.45) is 4.29. The standard InChI is InChI=1S/C14H28N2O/c1-6-11-16(14(3,4)5)13(17)8-7-12(2)9-10-15/h6,12H,1,7-11,15H2,2-5H3. The van der Waals surface area contributed by atoms with Crippen LogP contribution in [-0.2, 0) is 4.79 Å². The first-order chi connectivity index (χ1) is 7.82. The molecule has 0 aromatic carbocycles. The second kappa shape index (κ2) is 7.49. The summed E-state index contributed by atoms with van der Waals surface area (Å²) >= 11 is 0. The van der Waals surface area contributed by atoms with Gasteiger partial charge in [-0.3, -0.25) is 4.79 Å². The molecule has 1 amide bonds. The van der Waals surface area contributed by atoms with Crippen molar-refractivity contribution in [3.05, 3.63) is 12.7 Å². The molecule has 0 aromatic rings. The van der Waals surface area contributed by atoms with E-state index in [1.165, 1.54) is 0 Å². The van der Waals surface area contributed by atoms with E-state index in [1.54, 1.807) is 6.08 Å². The first-order valence-corrected chi connectivity index (χ1v) is 6.44. The molecule has 0 aliphatic rings. The second-order valence-electron chi connectivity index (χ2n) is 5.69. The molecule has 2 N–H and O–H groups in total. The van der Waals surface area contributed by atoms with Crippen molar-refractivity contribution in [2.45, 2.75) is 52.5 Å². The first-order valence-electron chi connectivity index (χ1n) is 6.44. The lowest BCUT2D eigenvalue weighted by Gasteiger charge is -2.35. The molecule has 1 atom stereocenters. The molecule has 0 aromatic heterocycles. The minimum Gasteiger partial charge on any atom is -0.334 e. The van der Waals surface area contributed by atoms with Gasteiger partial charge in [0.25, 0.3) is 0 Å². The normalized spacial score (nSPS) is 13.2. The maximum atomic E-state index is 12.1. The number of hydrogen-bond donors (Lipinski definition) is 1. The Kier molecular flexibility index (Phi) is 7.12. The Bertz CT molecular complexity index is 243. The van der Waals surface area contributed by atoms with Gasteiger partial charge in [-0.05, 0) is 46.1 Å². The summed E-state index contributed by atoms with van der Waals surface area (Å²) in [7, 11) is 0. The highest BCUT2D eigenvalue weighted by atomic mass is 16.2. The summed E-state index contributed by atoms with van der Waals surface area (Å²) in [4.78, 5) is 14.0. The van der Waals surface area contributed by atoms with Gasteiger partial charge in [0, 0.05) is 18.5 Å². The summed E-state index contributed by atoms with van der Waals surface area (Å²) in [5.41, 5.74) is 5.37. The Morgan fingerprint density at radius 1 is 1.41 bits per heavy atom. The van der Waals surface area contributed by atoms with E-state index < -0.39 is 0 Å². The van der Waals surface area contributed by atoms with Crippen molar-refractivity contribution in [3.8, 4) is 0 Å². The van der Waals surface area contributed by atoms with E-state index in [0.717, 1.165) is 12.8 Å². The number of hydrogen-bond acceptors (Lipinski definition) is 2. The molecule has 3 heteroatoms. The van der Waals surface area contributed by atoms with Crippen LogP contribution in [0.1, 0.15) is 47.0 Å². The van der Waals surface area contributed by atoms with Gasteiger partial charge in [-0.25, -0.2) is 0 Å². The van der Waals surface area contributed by atoms with Gasteiger partial charge in [0.15, 0.2) is 0 Å². The van der Waals surface area contributed by atoms with Crippen LogP contribution in [0.3, 0.4) is 0 Å². The van der Waals surface area contributed by atoms with Crippen LogP contribution >= 0.6 is 0 Å². The van der Waals surface area contributed by atoms with Gasteiger partial charge in [0.05, 0.1) is 0 Å². The summed E-state index contributed by atoms with van der Waals surface area (Å²) in [6, 6.07) is 0. The highest BCUT2D eigenvalue weighted by molar-refractivity contribution is 5.77. The maximum Gasteiger partial charge on any atom is 0.223 e. The van der Waals surface area contributed by atoms with Gasteiger partial charge >= 0.3 is 0 Å². The molecular formula is C14H28N2O. The summed E-state index contributed by atoms with van der Waals surface area (Å²) in [5, 5.41) is 0. The number of rotatable bonds is 7. The minimum atomic E-state index is -0.137. The average molecular weight is 240 g/mol. The van der Waals surface area contributed by atoms with Crippen LogP contribution in [0.4, 0.5) is 0 Å². The van der Waals surface area contributed by atoms with Gasteiger partial charge in [0.1, 0.15) is 0 Å². The van der Waals surface area contributed by atoms with Crippen molar-refractivity contribution in [2.24, 2.45) is 11.7 Å². The summed E-state index contributed by atoms with van der Waals surface area (Å²) < 4.78 is 0. The first kappa shape index (κ1) is 16.2. The molecular weight excluding hydrogens is 212 g/mol. The molecule has 0 aliphatic heterocycles. The second-order valence-corrected chi connectivity index (χ2v) is 5.69. The molecule has 100 valence electrons. The van der Waals surface area contributed by atoms with Crippen LogP contribution in [0.25, 0.3) is 0 Å². The zero-order valence-corrected chi connectivity index (χ0v) is 11.8. The Labute approximate surface area is 106 Å². The fourth-order valence-electron chi connectivity index (χ4n) is 1.81. The smallest absolute Gasteiger partial charge is 0.223 e. The molecule has 0 bridgehead atoms. The van der Waals surface area contributed by atoms with E-state index >= 15 is 0 Å². The van der Waals surface area contributed by atoms with E-state index in [1.807, 2.05) is 4.90 Å². The lowest BCUT2D eigenvalue weighted by atomic mass is 9.99. The molecule has 0 fully saturated rings. The number of carbonyl (C=O) groups is 1. The number of nitrogens with zero attached hydrogens (tertiary/aromatic N) is 1. The van der Waals surface area contributed by atoms with Gasteiger partial charge in [-0.2, -0.15) is 0 Å². The SMILES string of the molecule is C=CCN(C(=O)CCC(C)CCN)C(C)(C)C. The topological polar surface area (TPSA) is 46.3 Å². The minimum absolute atomic E-state index is 0.137. The van der Waals surface area contributed by atoms with Crippen molar-refractivity contribution in [1.29, 1.82) is 0 Å². The summed E-state index contributed by atoms with van der Waals surface area (Å²) in [6.45, 7) is 13.3. The Balaban J connectivity index is 4.29. The zero-order chi connectivity index (χ0) is 13.5. The van der Waals surface area contributed by atoms with Crippen LogP contribution < -0.4 is 5.73 Å². The predicted octanol–water partition coefficient (Wildman–Crippen LogP) is 2.56. The third-order valence-corrected chi connectivity index (χ3v) is 2.93. The Morgan fingerprint density at radius 3 is 2.41 bits per heavy atom. The lowest BCUT2D eigenvalue weighted by Crippen LogP contribution is -2.45. The molecule has 0 rings (SSSR count). The lowest BCUT2D eigenvalue weighted by molar-refractivity contribution is -0.135. The Morgan fingerprint density at radius 2 is 2.00 bits per heavy atom. The molecule has 3 nitrogen and oxygen atoms in total. The van der Waals surface area contributed by atoms with E-state index in [0.29, 0.717) is 25.4 Å². The molecule has 0 saturated carbocycles. The van der Waals surface area contributed by atoms with Gasteiger partial charge in [-0.15, -0.1) is 6.58 Å². The highest BCUT2D eigenvalue weighted by Gasteiger charge is 2.24. The van der Waals surface area contributed by atoms with Crippen molar-refractivity contribution in [2.75, 3.05) is 13.1 Å². The molecule has 0 saturated heterocycles. The van der Waals surface area contributed by atoms with Crippen LogP contribution in [-0.4, -0.2) is 29.4 Å². The monoisotopic (exact) mass is 240 g/mol. The molecule has 0 radical (unpaired) electrons. The zero-order valence-electron chi connectivity index (χ0n) is 11.8. The van der Waals surface area contributed by atoms with Crippen LogP contribution in [0, 0.1) is 5.92 Å². The molecule has 0 aliphatic carbocycles. The van der Waals surface area contributed by atoms with Crippen LogP contribution in [0.5, 0.6) is 0 Å². The van der Waals surface area contributed by atoms with E-state index in [-0.39, 0.29) is 11.4 Å². The number of amides is 1. The van der Waals surface area contributed by atoms with E-state index in [9.17, 15) is 4.79 Å². The van der Waals surface area contributed by atoms with Crippen molar-refractivity contribution in [3.63, 3.8) is 0 Å².